The van der Waals surface area contributed by atoms with Gasteiger partial charge in [0, 0.05) is 19.5 Å². The Hall–Kier alpha value is -2.41. The number of nitrogens with one attached hydrogen (secondary N) is 1. The minimum Gasteiger partial charge on any atom is -0.497 e. The van der Waals surface area contributed by atoms with Gasteiger partial charge in [-0.25, -0.2) is 4.98 Å². The molecule has 2 heterocycles. The minimum absolute atomic E-state index is 0.0848. The zero-order chi connectivity index (χ0) is 17.8. The first-order chi connectivity index (χ1) is 12.1. The van der Waals surface area contributed by atoms with E-state index in [0.717, 1.165) is 23.4 Å². The van der Waals surface area contributed by atoms with Crippen LogP contribution in [0.25, 0.3) is 0 Å². The summed E-state index contributed by atoms with van der Waals surface area (Å²) in [6.45, 7) is 3.08. The number of benzene rings is 1. The van der Waals surface area contributed by atoms with Crippen molar-refractivity contribution in [1.82, 2.24) is 10.3 Å². The van der Waals surface area contributed by atoms with Gasteiger partial charge in [0.2, 0.25) is 5.91 Å². The molecule has 1 N–H and O–H groups in total. The molecule has 0 bridgehead atoms. The molecule has 1 aromatic carbocycles. The van der Waals surface area contributed by atoms with E-state index in [4.69, 9.17) is 4.74 Å². The summed E-state index contributed by atoms with van der Waals surface area (Å²) in [4.78, 5) is 31.2. The van der Waals surface area contributed by atoms with Crippen molar-refractivity contribution in [3.05, 3.63) is 40.4 Å². The number of aromatic nitrogens is 1. The molecule has 0 unspecified atom stereocenters. The first-order valence-corrected chi connectivity index (χ1v) is 9.15. The fourth-order valence-corrected chi connectivity index (χ4v) is 3.84. The third-order valence-electron chi connectivity index (χ3n) is 4.14. The summed E-state index contributed by atoms with van der Waals surface area (Å²) in [5.41, 5.74) is 1.73. The molecule has 0 aliphatic carbocycles. The summed E-state index contributed by atoms with van der Waals surface area (Å²) in [6, 6.07) is 7.56. The van der Waals surface area contributed by atoms with Crippen LogP contribution >= 0.6 is 11.3 Å². The minimum atomic E-state index is -0.150. The monoisotopic (exact) mass is 359 g/mol. The van der Waals surface area contributed by atoms with Gasteiger partial charge in [-0.1, -0.05) is 30.4 Å². The van der Waals surface area contributed by atoms with Gasteiger partial charge in [-0.15, -0.1) is 0 Å². The van der Waals surface area contributed by atoms with E-state index in [1.807, 2.05) is 31.2 Å². The second kappa shape index (κ2) is 7.65. The number of methoxy groups -OCH3 is 1. The second-order valence-electron chi connectivity index (χ2n) is 5.81. The van der Waals surface area contributed by atoms with Crippen LogP contribution in [0.15, 0.2) is 24.3 Å². The second-order valence-corrected chi connectivity index (χ2v) is 6.78. The average Bonchev–Trinajstić information content (AvgIpc) is 3.25. The number of anilines is 1. The zero-order valence-corrected chi connectivity index (χ0v) is 15.2. The van der Waals surface area contributed by atoms with E-state index in [0.29, 0.717) is 35.9 Å². The van der Waals surface area contributed by atoms with Crippen molar-refractivity contribution in [2.24, 2.45) is 0 Å². The molecule has 25 heavy (non-hydrogen) atoms. The fourth-order valence-electron chi connectivity index (χ4n) is 2.73. The molecule has 1 aliphatic rings. The first-order valence-electron chi connectivity index (χ1n) is 8.33. The highest BCUT2D eigenvalue weighted by molar-refractivity contribution is 7.17. The predicted molar refractivity (Wildman–Crippen MR) is 97.2 cm³/mol. The van der Waals surface area contributed by atoms with Gasteiger partial charge in [0.1, 0.15) is 10.6 Å². The number of rotatable bonds is 6. The van der Waals surface area contributed by atoms with Crippen LogP contribution in [0.4, 0.5) is 5.13 Å². The Balaban J connectivity index is 1.70. The lowest BCUT2D eigenvalue weighted by molar-refractivity contribution is -0.117. The summed E-state index contributed by atoms with van der Waals surface area (Å²) in [6.07, 6.45) is 2.06. The molecule has 0 spiro atoms. The molecular formula is C18H21N3O3S. The van der Waals surface area contributed by atoms with Gasteiger partial charge in [-0.3, -0.25) is 14.5 Å². The molecule has 1 fully saturated rings. The Kier molecular flexibility index (Phi) is 5.33. The average molecular weight is 359 g/mol. The highest BCUT2D eigenvalue weighted by Gasteiger charge is 2.27. The number of amides is 2. The van der Waals surface area contributed by atoms with E-state index in [-0.39, 0.29) is 11.8 Å². The van der Waals surface area contributed by atoms with Crippen LogP contribution in [0.3, 0.4) is 0 Å². The molecule has 1 aromatic heterocycles. The van der Waals surface area contributed by atoms with E-state index in [1.165, 1.54) is 11.3 Å². The smallest absolute Gasteiger partial charge is 0.263 e. The maximum atomic E-state index is 12.6. The fraction of sp³-hybridized carbons (Fsp3) is 0.389. The SMILES string of the molecule is CCc1nc(N2CCCC2=O)sc1C(=O)NCc1ccc(OC)cc1. The number of ether oxygens (including phenoxy) is 1. The van der Waals surface area contributed by atoms with Crippen LogP contribution in [0.1, 0.15) is 40.7 Å². The van der Waals surface area contributed by atoms with Crippen LogP contribution in [0.5, 0.6) is 5.75 Å². The third kappa shape index (κ3) is 3.82. The molecule has 2 amide bonds. The Labute approximate surface area is 150 Å². The van der Waals surface area contributed by atoms with Crippen molar-refractivity contribution in [3.8, 4) is 5.75 Å². The Morgan fingerprint density at radius 2 is 2.12 bits per heavy atom. The Bertz CT molecular complexity index is 770. The van der Waals surface area contributed by atoms with Gasteiger partial charge in [0.15, 0.2) is 5.13 Å². The standard InChI is InChI=1S/C18H21N3O3S/c1-3-14-16(25-18(20-14)21-10-4-5-15(21)22)17(23)19-11-12-6-8-13(24-2)9-7-12/h6-9H,3-5,10-11H2,1-2H3,(H,19,23). The molecule has 0 radical (unpaired) electrons. The number of hydrogen-bond donors (Lipinski definition) is 1. The van der Waals surface area contributed by atoms with Gasteiger partial charge in [-0.2, -0.15) is 0 Å². The molecule has 132 valence electrons. The Morgan fingerprint density at radius 1 is 1.36 bits per heavy atom. The number of carbonyl (C=O) groups excluding carboxylic acids is 2. The summed E-state index contributed by atoms with van der Waals surface area (Å²) in [5, 5.41) is 3.56. The van der Waals surface area contributed by atoms with Crippen molar-refractivity contribution in [2.75, 3.05) is 18.6 Å². The van der Waals surface area contributed by atoms with E-state index in [2.05, 4.69) is 10.3 Å². The predicted octanol–water partition coefficient (Wildman–Crippen LogP) is 2.77. The van der Waals surface area contributed by atoms with E-state index in [9.17, 15) is 9.59 Å². The maximum absolute atomic E-state index is 12.6. The number of hydrogen-bond acceptors (Lipinski definition) is 5. The lowest BCUT2D eigenvalue weighted by atomic mass is 10.2. The Morgan fingerprint density at radius 3 is 2.72 bits per heavy atom. The number of nitrogens with zero attached hydrogens (tertiary/aromatic N) is 2. The van der Waals surface area contributed by atoms with Gasteiger partial charge < -0.3 is 10.1 Å². The molecular weight excluding hydrogens is 338 g/mol. The van der Waals surface area contributed by atoms with Gasteiger partial charge in [0.25, 0.3) is 5.91 Å². The quantitative estimate of drug-likeness (QED) is 0.861. The largest absolute Gasteiger partial charge is 0.497 e. The lowest BCUT2D eigenvalue weighted by Crippen LogP contribution is -2.23. The van der Waals surface area contributed by atoms with Crippen molar-refractivity contribution in [1.29, 1.82) is 0 Å². The number of thiazole rings is 1. The van der Waals surface area contributed by atoms with Crippen LogP contribution in [0.2, 0.25) is 0 Å². The van der Waals surface area contributed by atoms with E-state index >= 15 is 0 Å². The highest BCUT2D eigenvalue weighted by Crippen LogP contribution is 2.30. The molecule has 7 heteroatoms. The molecule has 1 aliphatic heterocycles. The summed E-state index contributed by atoms with van der Waals surface area (Å²) >= 11 is 1.30. The molecule has 0 atom stereocenters. The summed E-state index contributed by atoms with van der Waals surface area (Å²) < 4.78 is 5.13. The van der Waals surface area contributed by atoms with Crippen molar-refractivity contribution >= 4 is 28.3 Å². The van der Waals surface area contributed by atoms with Crippen LogP contribution < -0.4 is 15.0 Å². The van der Waals surface area contributed by atoms with Crippen LogP contribution in [0, 0.1) is 0 Å². The highest BCUT2D eigenvalue weighted by atomic mass is 32.1. The molecule has 2 aromatic rings. The maximum Gasteiger partial charge on any atom is 0.263 e. The first kappa shape index (κ1) is 17.4. The van der Waals surface area contributed by atoms with Crippen molar-refractivity contribution < 1.29 is 14.3 Å². The summed E-state index contributed by atoms with van der Waals surface area (Å²) in [5.74, 6) is 0.718. The normalized spacial score (nSPS) is 14.0. The van der Waals surface area contributed by atoms with Gasteiger partial charge in [0.05, 0.1) is 12.8 Å². The van der Waals surface area contributed by atoms with Gasteiger partial charge >= 0.3 is 0 Å². The topological polar surface area (TPSA) is 71.5 Å². The van der Waals surface area contributed by atoms with Crippen LogP contribution in [-0.4, -0.2) is 30.5 Å². The third-order valence-corrected chi connectivity index (χ3v) is 5.26. The lowest BCUT2D eigenvalue weighted by Gasteiger charge is -2.10. The van der Waals surface area contributed by atoms with E-state index in [1.54, 1.807) is 12.0 Å². The summed E-state index contributed by atoms with van der Waals surface area (Å²) in [7, 11) is 1.62. The number of aryl methyl sites for hydroxylation is 1. The van der Waals surface area contributed by atoms with Crippen molar-refractivity contribution in [2.45, 2.75) is 32.7 Å². The van der Waals surface area contributed by atoms with Gasteiger partial charge in [-0.05, 0) is 30.5 Å². The molecule has 0 saturated carbocycles. The zero-order valence-electron chi connectivity index (χ0n) is 14.4. The molecule has 6 nitrogen and oxygen atoms in total. The number of carbonyl (C=O) groups is 2. The molecule has 3 rings (SSSR count). The van der Waals surface area contributed by atoms with Crippen molar-refractivity contribution in [3.63, 3.8) is 0 Å². The van der Waals surface area contributed by atoms with Crippen LogP contribution in [-0.2, 0) is 17.8 Å². The van der Waals surface area contributed by atoms with E-state index < -0.39 is 0 Å². The molecule has 1 saturated heterocycles.